The summed E-state index contributed by atoms with van der Waals surface area (Å²) >= 11 is 0. The van der Waals surface area contributed by atoms with E-state index in [0.29, 0.717) is 0 Å². The summed E-state index contributed by atoms with van der Waals surface area (Å²) in [5.74, 6) is 0. The molecule has 0 radical (unpaired) electrons. The first-order valence-electron chi connectivity index (χ1n) is 10.3. The van der Waals surface area contributed by atoms with Crippen LogP contribution in [0.3, 0.4) is 0 Å². The lowest BCUT2D eigenvalue weighted by atomic mass is 9.88. The molecule has 28 heavy (non-hydrogen) atoms. The van der Waals surface area contributed by atoms with Crippen LogP contribution in [0.4, 0.5) is 0 Å². The van der Waals surface area contributed by atoms with Crippen molar-refractivity contribution in [2.24, 2.45) is 0 Å². The van der Waals surface area contributed by atoms with Crippen molar-refractivity contribution in [3.8, 4) is 0 Å². The van der Waals surface area contributed by atoms with E-state index < -0.39 is 0 Å². The maximum Gasteiger partial charge on any atom is 0.0427 e. The minimum absolute atomic E-state index is 0.930. The van der Waals surface area contributed by atoms with Crippen molar-refractivity contribution >= 4 is 5.57 Å². The Balaban J connectivity index is 1.64. The van der Waals surface area contributed by atoms with Crippen LogP contribution in [0.2, 0.25) is 0 Å². The lowest BCUT2D eigenvalue weighted by molar-refractivity contribution is 0.362. The third-order valence-electron chi connectivity index (χ3n) is 5.61. The van der Waals surface area contributed by atoms with E-state index in [1.807, 2.05) is 0 Å². The first-order chi connectivity index (χ1) is 13.7. The van der Waals surface area contributed by atoms with E-state index in [1.54, 1.807) is 0 Å². The Kier molecular flexibility index (Phi) is 5.62. The molecule has 0 unspecified atom stereocenters. The normalized spacial score (nSPS) is 14.7. The third-order valence-corrected chi connectivity index (χ3v) is 5.61. The zero-order valence-corrected chi connectivity index (χ0v) is 17.0. The highest BCUT2D eigenvalue weighted by molar-refractivity contribution is 5.69. The van der Waals surface area contributed by atoms with Crippen LogP contribution in [0.1, 0.15) is 46.2 Å². The second-order valence-electron chi connectivity index (χ2n) is 8.04. The quantitative estimate of drug-likeness (QED) is 0.486. The molecule has 1 nitrogen and oxygen atoms in total. The molecule has 4 rings (SSSR count). The number of aryl methyl sites for hydroxylation is 3. The van der Waals surface area contributed by atoms with Gasteiger partial charge in [0.25, 0.3) is 0 Å². The molecule has 0 aliphatic heterocycles. The largest absolute Gasteiger partial charge is 0.369 e. The smallest absolute Gasteiger partial charge is 0.0427 e. The molecule has 0 N–H and O–H groups in total. The fraction of sp³-hybridized carbons (Fsp3) is 0.259. The summed E-state index contributed by atoms with van der Waals surface area (Å²) in [4.78, 5) is 2.48. The topological polar surface area (TPSA) is 3.24 Å². The monoisotopic (exact) mass is 367 g/mol. The maximum absolute atomic E-state index is 2.48. The number of benzene rings is 3. The van der Waals surface area contributed by atoms with Crippen LogP contribution in [0.5, 0.6) is 0 Å². The Labute approximate surface area is 169 Å². The van der Waals surface area contributed by atoms with Gasteiger partial charge in [-0.05, 0) is 60.9 Å². The molecule has 0 saturated carbocycles. The van der Waals surface area contributed by atoms with Gasteiger partial charge in [-0.25, -0.2) is 0 Å². The molecule has 3 aromatic rings. The molecule has 1 aliphatic rings. The number of hydrogen-bond donors (Lipinski definition) is 0. The number of fused-ring (bicyclic) bond motifs is 1. The summed E-state index contributed by atoms with van der Waals surface area (Å²) in [7, 11) is 0. The molecule has 0 bridgehead atoms. The van der Waals surface area contributed by atoms with Gasteiger partial charge in [0.05, 0.1) is 0 Å². The molecule has 0 fully saturated rings. The van der Waals surface area contributed by atoms with Crippen LogP contribution < -0.4 is 0 Å². The summed E-state index contributed by atoms with van der Waals surface area (Å²) in [5, 5.41) is 0. The molecule has 0 aromatic heterocycles. The Hall–Kier alpha value is -2.80. The van der Waals surface area contributed by atoms with Crippen LogP contribution in [0.25, 0.3) is 5.57 Å². The Morgan fingerprint density at radius 1 is 0.714 bits per heavy atom. The fourth-order valence-electron chi connectivity index (χ4n) is 4.01. The van der Waals surface area contributed by atoms with Gasteiger partial charge in [0.2, 0.25) is 0 Å². The lowest BCUT2D eigenvalue weighted by Crippen LogP contribution is -2.18. The minimum Gasteiger partial charge on any atom is -0.369 e. The average Bonchev–Trinajstić information content (AvgIpc) is 2.72. The van der Waals surface area contributed by atoms with Gasteiger partial charge in [-0.3, -0.25) is 0 Å². The highest BCUT2D eigenvalue weighted by Crippen LogP contribution is 2.31. The van der Waals surface area contributed by atoms with E-state index in [-0.39, 0.29) is 0 Å². The lowest BCUT2D eigenvalue weighted by Gasteiger charge is -2.26. The van der Waals surface area contributed by atoms with Gasteiger partial charge < -0.3 is 4.90 Å². The molecule has 1 heteroatoms. The van der Waals surface area contributed by atoms with E-state index in [1.165, 1.54) is 51.8 Å². The van der Waals surface area contributed by atoms with Crippen molar-refractivity contribution in [2.75, 3.05) is 0 Å². The van der Waals surface area contributed by atoms with Gasteiger partial charge in [0.15, 0.2) is 0 Å². The standard InChI is InChI=1S/C27H29N/c1-21-10-14-23(15-11-21)18-28(19-24-16-12-22(2)13-17-24)20-26-8-5-7-25-6-3-4-9-27(25)26/h3-4,6,9-17,20H,5,7-8,18-19H2,1-2H3/b26-20+. The van der Waals surface area contributed by atoms with E-state index >= 15 is 0 Å². The van der Waals surface area contributed by atoms with E-state index in [0.717, 1.165) is 19.5 Å². The Morgan fingerprint density at radius 2 is 1.29 bits per heavy atom. The van der Waals surface area contributed by atoms with Crippen molar-refractivity contribution in [3.05, 3.63) is 112 Å². The van der Waals surface area contributed by atoms with Gasteiger partial charge in [0, 0.05) is 19.3 Å². The zero-order chi connectivity index (χ0) is 19.3. The Morgan fingerprint density at radius 3 is 1.89 bits per heavy atom. The zero-order valence-electron chi connectivity index (χ0n) is 17.0. The second-order valence-corrected chi connectivity index (χ2v) is 8.04. The van der Waals surface area contributed by atoms with Crippen molar-refractivity contribution in [2.45, 2.75) is 46.2 Å². The van der Waals surface area contributed by atoms with E-state index in [2.05, 4.69) is 97.7 Å². The predicted octanol–water partition coefficient (Wildman–Crippen LogP) is 6.68. The van der Waals surface area contributed by atoms with Crippen LogP contribution >= 0.6 is 0 Å². The summed E-state index contributed by atoms with van der Waals surface area (Å²) in [6.07, 6.45) is 6.02. The SMILES string of the molecule is Cc1ccc(CN(/C=C2\CCCc3ccccc32)Cc2ccc(C)cc2)cc1. The molecular formula is C27H29N. The van der Waals surface area contributed by atoms with E-state index in [4.69, 9.17) is 0 Å². The van der Waals surface area contributed by atoms with Gasteiger partial charge in [-0.2, -0.15) is 0 Å². The fourth-order valence-corrected chi connectivity index (χ4v) is 4.01. The van der Waals surface area contributed by atoms with Crippen LogP contribution in [-0.2, 0) is 19.5 Å². The van der Waals surface area contributed by atoms with Gasteiger partial charge >= 0.3 is 0 Å². The Bertz CT molecular complexity index is 901. The molecule has 3 aromatic carbocycles. The highest BCUT2D eigenvalue weighted by atomic mass is 15.1. The molecule has 0 atom stereocenters. The third kappa shape index (κ3) is 4.54. The summed E-state index contributed by atoms with van der Waals surface area (Å²) < 4.78 is 0. The predicted molar refractivity (Wildman–Crippen MR) is 119 cm³/mol. The van der Waals surface area contributed by atoms with Crippen LogP contribution in [0, 0.1) is 13.8 Å². The molecule has 0 spiro atoms. The minimum atomic E-state index is 0.930. The number of hydrogen-bond acceptors (Lipinski definition) is 1. The maximum atomic E-state index is 2.48. The molecule has 0 amide bonds. The average molecular weight is 368 g/mol. The molecule has 0 saturated heterocycles. The molecular weight excluding hydrogens is 338 g/mol. The van der Waals surface area contributed by atoms with Crippen LogP contribution in [-0.4, -0.2) is 4.90 Å². The van der Waals surface area contributed by atoms with Crippen molar-refractivity contribution in [1.82, 2.24) is 4.90 Å². The summed E-state index contributed by atoms with van der Waals surface area (Å²) in [5.41, 5.74) is 9.75. The molecule has 1 aliphatic carbocycles. The van der Waals surface area contributed by atoms with Crippen molar-refractivity contribution in [1.29, 1.82) is 0 Å². The first-order valence-corrected chi connectivity index (χ1v) is 10.3. The van der Waals surface area contributed by atoms with Gasteiger partial charge in [-0.1, -0.05) is 83.9 Å². The highest BCUT2D eigenvalue weighted by Gasteiger charge is 2.15. The van der Waals surface area contributed by atoms with Crippen LogP contribution in [0.15, 0.2) is 79.0 Å². The van der Waals surface area contributed by atoms with Gasteiger partial charge in [0.1, 0.15) is 0 Å². The summed E-state index contributed by atoms with van der Waals surface area (Å²) in [6, 6.07) is 26.8. The molecule has 0 heterocycles. The van der Waals surface area contributed by atoms with Gasteiger partial charge in [-0.15, -0.1) is 0 Å². The first kappa shape index (κ1) is 18.6. The number of nitrogens with zero attached hydrogens (tertiary/aromatic N) is 1. The van der Waals surface area contributed by atoms with Crippen molar-refractivity contribution in [3.63, 3.8) is 0 Å². The summed E-state index contributed by atoms with van der Waals surface area (Å²) in [6.45, 7) is 6.16. The molecule has 142 valence electrons. The van der Waals surface area contributed by atoms with E-state index in [9.17, 15) is 0 Å². The number of allylic oxidation sites excluding steroid dienone is 1. The van der Waals surface area contributed by atoms with Crippen molar-refractivity contribution < 1.29 is 0 Å². The second kappa shape index (κ2) is 8.48. The number of rotatable bonds is 5.